The van der Waals surface area contributed by atoms with Gasteiger partial charge in [0.25, 0.3) is 0 Å². The van der Waals surface area contributed by atoms with Crippen molar-refractivity contribution in [3.05, 3.63) is 16.1 Å². The van der Waals surface area contributed by atoms with Crippen LogP contribution >= 0.6 is 11.3 Å². The molecular formula is C8H13N3S. The lowest BCUT2D eigenvalue weighted by Gasteiger charge is -2.35. The summed E-state index contributed by atoms with van der Waals surface area (Å²) in [6, 6.07) is 0.394. The van der Waals surface area contributed by atoms with Crippen LogP contribution < -0.4 is 5.73 Å². The van der Waals surface area contributed by atoms with E-state index in [1.165, 1.54) is 5.01 Å². The molecule has 0 bridgehead atoms. The Labute approximate surface area is 76.2 Å². The third kappa shape index (κ3) is 1.65. The molecule has 0 aliphatic carbocycles. The number of thiazole rings is 1. The second kappa shape index (κ2) is 3.12. The smallest absolute Gasteiger partial charge is 0.107 e. The van der Waals surface area contributed by atoms with Crippen LogP contribution in [0.15, 0.2) is 5.38 Å². The summed E-state index contributed by atoms with van der Waals surface area (Å²) in [6.07, 6.45) is 0. The third-order valence-corrected chi connectivity index (χ3v) is 2.96. The fraction of sp³-hybridized carbons (Fsp3) is 0.625. The quantitative estimate of drug-likeness (QED) is 0.730. The molecule has 0 atom stereocenters. The molecule has 66 valence electrons. The minimum absolute atomic E-state index is 0.394. The molecule has 1 aromatic rings. The Bertz CT molecular complexity index is 265. The highest BCUT2D eigenvalue weighted by Crippen LogP contribution is 2.15. The molecule has 4 heteroatoms. The standard InChI is InChI=1S/C8H13N3S/c1-6-5-12-8(10-6)4-11-2-7(9)3-11/h5,7H,2-4,9H2,1H3. The molecule has 3 nitrogen and oxygen atoms in total. The van der Waals surface area contributed by atoms with Gasteiger partial charge < -0.3 is 5.73 Å². The highest BCUT2D eigenvalue weighted by molar-refractivity contribution is 7.09. The summed E-state index contributed by atoms with van der Waals surface area (Å²) in [5, 5.41) is 3.30. The van der Waals surface area contributed by atoms with Crippen LogP contribution in [0.5, 0.6) is 0 Å². The van der Waals surface area contributed by atoms with Gasteiger partial charge in [0.15, 0.2) is 0 Å². The molecule has 0 radical (unpaired) electrons. The van der Waals surface area contributed by atoms with Crippen molar-refractivity contribution in [2.75, 3.05) is 13.1 Å². The van der Waals surface area contributed by atoms with Crippen LogP contribution in [-0.4, -0.2) is 29.0 Å². The summed E-state index contributed by atoms with van der Waals surface area (Å²) in [5.74, 6) is 0. The van der Waals surface area contributed by atoms with E-state index in [4.69, 9.17) is 5.73 Å². The Morgan fingerprint density at radius 3 is 3.00 bits per heavy atom. The molecule has 12 heavy (non-hydrogen) atoms. The largest absolute Gasteiger partial charge is 0.325 e. The molecule has 1 saturated heterocycles. The first-order valence-electron chi connectivity index (χ1n) is 4.13. The minimum Gasteiger partial charge on any atom is -0.325 e. The fourth-order valence-corrected chi connectivity index (χ4v) is 2.22. The van der Waals surface area contributed by atoms with E-state index in [0.717, 1.165) is 25.3 Å². The van der Waals surface area contributed by atoms with Gasteiger partial charge in [0.2, 0.25) is 0 Å². The van der Waals surface area contributed by atoms with Crippen molar-refractivity contribution >= 4 is 11.3 Å². The Morgan fingerprint density at radius 2 is 2.50 bits per heavy atom. The lowest BCUT2D eigenvalue weighted by molar-refractivity contribution is 0.142. The van der Waals surface area contributed by atoms with E-state index in [-0.39, 0.29) is 0 Å². The normalized spacial score (nSPS) is 19.5. The van der Waals surface area contributed by atoms with E-state index < -0.39 is 0 Å². The van der Waals surface area contributed by atoms with E-state index in [1.54, 1.807) is 11.3 Å². The summed E-state index contributed by atoms with van der Waals surface area (Å²) in [6.45, 7) is 5.06. The van der Waals surface area contributed by atoms with Crippen LogP contribution in [0.3, 0.4) is 0 Å². The summed E-state index contributed by atoms with van der Waals surface area (Å²) >= 11 is 1.73. The molecular weight excluding hydrogens is 170 g/mol. The molecule has 0 amide bonds. The van der Waals surface area contributed by atoms with Gasteiger partial charge in [-0.05, 0) is 6.92 Å². The second-order valence-electron chi connectivity index (χ2n) is 3.34. The van der Waals surface area contributed by atoms with Gasteiger partial charge in [-0.25, -0.2) is 4.98 Å². The van der Waals surface area contributed by atoms with Crippen LogP contribution in [0.4, 0.5) is 0 Å². The fourth-order valence-electron chi connectivity index (χ4n) is 1.41. The maximum atomic E-state index is 5.67. The van der Waals surface area contributed by atoms with Crippen LogP contribution in [-0.2, 0) is 6.54 Å². The summed E-state index contributed by atoms with van der Waals surface area (Å²) < 4.78 is 0. The molecule has 0 spiro atoms. The number of aryl methyl sites for hydroxylation is 1. The summed E-state index contributed by atoms with van der Waals surface area (Å²) in [7, 11) is 0. The van der Waals surface area contributed by atoms with Crippen molar-refractivity contribution < 1.29 is 0 Å². The van der Waals surface area contributed by atoms with Crippen molar-refractivity contribution in [2.45, 2.75) is 19.5 Å². The topological polar surface area (TPSA) is 42.1 Å². The maximum absolute atomic E-state index is 5.67. The van der Waals surface area contributed by atoms with E-state index in [9.17, 15) is 0 Å². The Balaban J connectivity index is 1.88. The first-order valence-corrected chi connectivity index (χ1v) is 5.01. The number of hydrogen-bond donors (Lipinski definition) is 1. The first kappa shape index (κ1) is 8.16. The van der Waals surface area contributed by atoms with Gasteiger partial charge in [-0.2, -0.15) is 0 Å². The molecule has 1 aliphatic heterocycles. The zero-order valence-electron chi connectivity index (χ0n) is 7.16. The van der Waals surface area contributed by atoms with Crippen molar-refractivity contribution in [3.63, 3.8) is 0 Å². The van der Waals surface area contributed by atoms with E-state index in [0.29, 0.717) is 6.04 Å². The minimum atomic E-state index is 0.394. The predicted octanol–water partition coefficient (Wildman–Crippen LogP) is 0.594. The second-order valence-corrected chi connectivity index (χ2v) is 4.28. The van der Waals surface area contributed by atoms with Crippen LogP contribution in [0.2, 0.25) is 0 Å². The molecule has 0 aromatic carbocycles. The van der Waals surface area contributed by atoms with Crippen molar-refractivity contribution in [1.82, 2.24) is 9.88 Å². The van der Waals surface area contributed by atoms with Crippen molar-refractivity contribution in [1.29, 1.82) is 0 Å². The van der Waals surface area contributed by atoms with Gasteiger partial charge in [-0.3, -0.25) is 4.90 Å². The van der Waals surface area contributed by atoms with Gasteiger partial charge in [-0.1, -0.05) is 0 Å². The van der Waals surface area contributed by atoms with Crippen molar-refractivity contribution in [2.24, 2.45) is 5.73 Å². The molecule has 0 saturated carbocycles. The van der Waals surface area contributed by atoms with E-state index in [1.807, 2.05) is 6.92 Å². The van der Waals surface area contributed by atoms with Crippen LogP contribution in [0, 0.1) is 6.92 Å². The Hall–Kier alpha value is -0.450. The average Bonchev–Trinajstić information content (AvgIpc) is 2.33. The molecule has 0 unspecified atom stereocenters. The molecule has 1 aromatic heterocycles. The van der Waals surface area contributed by atoms with Gasteiger partial charge in [0.1, 0.15) is 5.01 Å². The summed E-state index contributed by atoms with van der Waals surface area (Å²) in [4.78, 5) is 6.72. The zero-order chi connectivity index (χ0) is 8.55. The average molecular weight is 183 g/mol. The van der Waals surface area contributed by atoms with Gasteiger partial charge in [0, 0.05) is 30.2 Å². The Morgan fingerprint density at radius 1 is 1.75 bits per heavy atom. The SMILES string of the molecule is Cc1csc(CN2CC(N)C2)n1. The molecule has 2 rings (SSSR count). The first-order chi connectivity index (χ1) is 5.74. The number of aromatic nitrogens is 1. The van der Waals surface area contributed by atoms with Crippen LogP contribution in [0.1, 0.15) is 10.7 Å². The predicted molar refractivity (Wildman–Crippen MR) is 50.1 cm³/mol. The number of hydrogen-bond acceptors (Lipinski definition) is 4. The highest BCUT2D eigenvalue weighted by atomic mass is 32.1. The zero-order valence-corrected chi connectivity index (χ0v) is 7.97. The Kier molecular flexibility index (Phi) is 2.12. The van der Waals surface area contributed by atoms with E-state index in [2.05, 4.69) is 15.3 Å². The number of likely N-dealkylation sites (tertiary alicyclic amines) is 1. The van der Waals surface area contributed by atoms with Gasteiger partial charge in [-0.15, -0.1) is 11.3 Å². The molecule has 2 heterocycles. The van der Waals surface area contributed by atoms with E-state index >= 15 is 0 Å². The molecule has 1 aliphatic rings. The molecule has 2 N–H and O–H groups in total. The third-order valence-electron chi connectivity index (χ3n) is 2.01. The van der Waals surface area contributed by atoms with Gasteiger partial charge in [0.05, 0.1) is 6.54 Å². The van der Waals surface area contributed by atoms with Crippen molar-refractivity contribution in [3.8, 4) is 0 Å². The maximum Gasteiger partial charge on any atom is 0.107 e. The monoisotopic (exact) mass is 183 g/mol. The summed E-state index contributed by atoms with van der Waals surface area (Å²) in [5.41, 5.74) is 6.79. The number of nitrogens with two attached hydrogens (primary N) is 1. The van der Waals surface area contributed by atoms with Crippen LogP contribution in [0.25, 0.3) is 0 Å². The number of rotatable bonds is 2. The van der Waals surface area contributed by atoms with Gasteiger partial charge >= 0.3 is 0 Å². The molecule has 1 fully saturated rings. The highest BCUT2D eigenvalue weighted by Gasteiger charge is 2.23. The lowest BCUT2D eigenvalue weighted by Crippen LogP contribution is -2.54. The number of nitrogens with zero attached hydrogens (tertiary/aromatic N) is 2. The lowest BCUT2D eigenvalue weighted by atomic mass is 10.1.